The Balaban J connectivity index is 1.09. The number of hydrogen-bond acceptors (Lipinski definition) is 8. The van der Waals surface area contributed by atoms with Gasteiger partial charge in [-0.15, -0.1) is 11.3 Å². The molecule has 35 heavy (non-hydrogen) atoms. The number of piperazine rings is 1. The number of rotatable bonds is 8. The Labute approximate surface area is 209 Å². The minimum atomic E-state index is -0.551. The summed E-state index contributed by atoms with van der Waals surface area (Å²) >= 11 is 1.67. The van der Waals surface area contributed by atoms with Gasteiger partial charge in [-0.25, -0.2) is 4.98 Å². The molecule has 0 amide bonds. The Bertz CT molecular complexity index is 1270. The van der Waals surface area contributed by atoms with Crippen LogP contribution in [0.1, 0.15) is 23.2 Å². The van der Waals surface area contributed by atoms with Gasteiger partial charge in [0.15, 0.2) is 5.76 Å². The fourth-order valence-corrected chi connectivity index (χ4v) is 5.39. The van der Waals surface area contributed by atoms with Gasteiger partial charge >= 0.3 is 0 Å². The lowest BCUT2D eigenvalue weighted by Gasteiger charge is -2.40. The first-order valence-electron chi connectivity index (χ1n) is 12.1. The maximum Gasteiger partial charge on any atom is 0.167 e. The molecule has 0 spiro atoms. The number of hydrogen-bond donors (Lipinski definition) is 1. The second-order valence-corrected chi connectivity index (χ2v) is 10.7. The van der Waals surface area contributed by atoms with Crippen molar-refractivity contribution in [2.75, 3.05) is 32.8 Å². The zero-order chi connectivity index (χ0) is 24.4. The van der Waals surface area contributed by atoms with Crippen LogP contribution in [0.25, 0.3) is 21.5 Å². The molecule has 1 aliphatic heterocycles. The van der Waals surface area contributed by atoms with Crippen LogP contribution in [0.4, 0.5) is 0 Å². The summed E-state index contributed by atoms with van der Waals surface area (Å²) in [5.74, 6) is 1.55. The van der Waals surface area contributed by atoms with Crippen molar-refractivity contribution in [3.8, 4) is 17.1 Å². The van der Waals surface area contributed by atoms with Crippen molar-refractivity contribution in [1.82, 2.24) is 19.9 Å². The van der Waals surface area contributed by atoms with E-state index < -0.39 is 6.10 Å². The molecule has 3 heterocycles. The summed E-state index contributed by atoms with van der Waals surface area (Å²) in [6.07, 6.45) is -0.551. The molecule has 0 radical (unpaired) electrons. The molecule has 1 N–H and O–H groups in total. The second kappa shape index (κ2) is 10.5. The van der Waals surface area contributed by atoms with Gasteiger partial charge in [0.1, 0.15) is 18.5 Å². The third-order valence-corrected chi connectivity index (χ3v) is 7.44. The van der Waals surface area contributed by atoms with Gasteiger partial charge in [-0.05, 0) is 32.9 Å². The highest BCUT2D eigenvalue weighted by molar-refractivity contribution is 7.18. The molecular formula is C27H32N4O3S. The van der Waals surface area contributed by atoms with Crippen LogP contribution >= 0.6 is 11.3 Å². The molecule has 1 aliphatic rings. The van der Waals surface area contributed by atoms with Crippen LogP contribution in [0.2, 0.25) is 0 Å². The fourth-order valence-electron chi connectivity index (χ4n) is 4.58. The molecule has 2 atom stereocenters. The van der Waals surface area contributed by atoms with E-state index in [0.29, 0.717) is 12.6 Å². The van der Waals surface area contributed by atoms with Crippen LogP contribution in [0, 0.1) is 13.8 Å². The van der Waals surface area contributed by atoms with E-state index in [2.05, 4.69) is 58.1 Å². The zero-order valence-corrected chi connectivity index (χ0v) is 21.3. The number of benzene rings is 2. The lowest BCUT2D eigenvalue weighted by Crippen LogP contribution is -2.53. The molecule has 1 saturated heterocycles. The number of thiazole rings is 1. The lowest BCUT2D eigenvalue weighted by molar-refractivity contribution is 0.0192. The maximum absolute atomic E-state index is 10.6. The predicted octanol–water partition coefficient (Wildman–Crippen LogP) is 4.51. The molecule has 0 aliphatic carbocycles. The van der Waals surface area contributed by atoms with E-state index in [1.165, 1.54) is 5.56 Å². The average molecular weight is 493 g/mol. The van der Waals surface area contributed by atoms with Crippen molar-refractivity contribution in [3.05, 3.63) is 64.8 Å². The monoisotopic (exact) mass is 492 g/mol. The highest BCUT2D eigenvalue weighted by atomic mass is 32.1. The molecule has 0 unspecified atom stereocenters. The topological polar surface area (TPSA) is 74.9 Å². The summed E-state index contributed by atoms with van der Waals surface area (Å²) in [6.45, 7) is 10.6. The SMILES string of the molecule is Cc1ccc(-c2cc(CN3CCN(C[C@@H](O)COc4ccc5sc(C)nc5c4)[C@@H](C)C3)no2)cc1. The normalized spacial score (nSPS) is 18.2. The molecule has 2 aromatic carbocycles. The van der Waals surface area contributed by atoms with E-state index in [0.717, 1.165) is 64.2 Å². The lowest BCUT2D eigenvalue weighted by atomic mass is 10.1. The number of fused-ring (bicyclic) bond motifs is 1. The Morgan fingerprint density at radius 1 is 1.14 bits per heavy atom. The van der Waals surface area contributed by atoms with E-state index in [-0.39, 0.29) is 6.61 Å². The van der Waals surface area contributed by atoms with E-state index >= 15 is 0 Å². The van der Waals surface area contributed by atoms with Crippen LogP contribution in [-0.2, 0) is 6.54 Å². The standard InChI is InChI=1S/C27H32N4O3S/c1-18-4-6-21(7-5-18)26-12-22(29-34-26)15-30-10-11-31(19(2)14-30)16-23(32)17-33-24-8-9-27-25(13-24)28-20(3)35-27/h4-9,12-13,19,23,32H,10-11,14-17H2,1-3H3/t19-,23+/m0/s1. The first-order valence-corrected chi connectivity index (χ1v) is 12.9. The molecule has 8 heteroatoms. The number of ether oxygens (including phenoxy) is 1. The number of aliphatic hydroxyl groups is 1. The largest absolute Gasteiger partial charge is 0.491 e. The van der Waals surface area contributed by atoms with Crippen molar-refractivity contribution in [1.29, 1.82) is 0 Å². The van der Waals surface area contributed by atoms with Crippen LogP contribution in [-0.4, -0.2) is 70.0 Å². The molecule has 2 aromatic heterocycles. The Hall–Kier alpha value is -2.78. The molecule has 5 rings (SSSR count). The molecular weight excluding hydrogens is 460 g/mol. The second-order valence-electron chi connectivity index (χ2n) is 9.45. The van der Waals surface area contributed by atoms with Crippen molar-refractivity contribution in [2.45, 2.75) is 39.5 Å². The van der Waals surface area contributed by atoms with Crippen molar-refractivity contribution < 1.29 is 14.4 Å². The van der Waals surface area contributed by atoms with E-state index in [1.807, 2.05) is 31.2 Å². The van der Waals surface area contributed by atoms with E-state index in [4.69, 9.17) is 9.26 Å². The quantitative estimate of drug-likeness (QED) is 0.388. The van der Waals surface area contributed by atoms with Crippen molar-refractivity contribution in [3.63, 3.8) is 0 Å². The van der Waals surface area contributed by atoms with E-state index in [1.54, 1.807) is 11.3 Å². The Morgan fingerprint density at radius 2 is 1.97 bits per heavy atom. The van der Waals surface area contributed by atoms with Crippen LogP contribution < -0.4 is 4.74 Å². The summed E-state index contributed by atoms with van der Waals surface area (Å²) in [5, 5.41) is 15.9. The summed E-state index contributed by atoms with van der Waals surface area (Å²) in [5.41, 5.74) is 4.17. The van der Waals surface area contributed by atoms with Gasteiger partial charge in [-0.3, -0.25) is 9.80 Å². The number of nitrogens with zero attached hydrogens (tertiary/aromatic N) is 4. The zero-order valence-electron chi connectivity index (χ0n) is 20.5. The maximum atomic E-state index is 10.6. The van der Waals surface area contributed by atoms with E-state index in [9.17, 15) is 5.11 Å². The third kappa shape index (κ3) is 5.90. The first kappa shape index (κ1) is 23.9. The molecule has 0 bridgehead atoms. The van der Waals surface area contributed by atoms with Gasteiger partial charge in [-0.2, -0.15) is 0 Å². The molecule has 0 saturated carbocycles. The average Bonchev–Trinajstić information content (AvgIpc) is 3.45. The summed E-state index contributed by atoms with van der Waals surface area (Å²) < 4.78 is 12.6. The minimum Gasteiger partial charge on any atom is -0.491 e. The summed E-state index contributed by atoms with van der Waals surface area (Å²) in [6, 6.07) is 16.6. The van der Waals surface area contributed by atoms with Gasteiger partial charge in [0.05, 0.1) is 20.9 Å². The predicted molar refractivity (Wildman–Crippen MR) is 139 cm³/mol. The van der Waals surface area contributed by atoms with Gasteiger partial charge in [0.25, 0.3) is 0 Å². The van der Waals surface area contributed by atoms with Gasteiger partial charge in [0.2, 0.25) is 0 Å². The van der Waals surface area contributed by atoms with Crippen LogP contribution in [0.15, 0.2) is 53.1 Å². The third-order valence-electron chi connectivity index (χ3n) is 6.48. The Kier molecular flexibility index (Phi) is 7.15. The molecule has 4 aromatic rings. The number of aryl methyl sites for hydroxylation is 2. The van der Waals surface area contributed by atoms with Crippen molar-refractivity contribution in [2.24, 2.45) is 0 Å². The fraction of sp³-hybridized carbons (Fsp3) is 0.407. The van der Waals surface area contributed by atoms with Gasteiger partial charge in [-0.1, -0.05) is 35.0 Å². The highest BCUT2D eigenvalue weighted by Gasteiger charge is 2.26. The van der Waals surface area contributed by atoms with Gasteiger partial charge < -0.3 is 14.4 Å². The number of β-amino-alcohol motifs (C(OH)–C–C–N with tert-alkyl or cyclic N) is 1. The molecule has 184 valence electrons. The van der Waals surface area contributed by atoms with Crippen LogP contribution in [0.5, 0.6) is 5.75 Å². The Morgan fingerprint density at radius 3 is 2.77 bits per heavy atom. The molecule has 7 nitrogen and oxygen atoms in total. The summed E-state index contributed by atoms with van der Waals surface area (Å²) in [4.78, 5) is 9.24. The molecule has 1 fully saturated rings. The van der Waals surface area contributed by atoms with Gasteiger partial charge in [0, 0.05) is 56.5 Å². The number of aliphatic hydroxyl groups excluding tert-OH is 1. The first-order chi connectivity index (χ1) is 16.9. The summed E-state index contributed by atoms with van der Waals surface area (Å²) in [7, 11) is 0. The van der Waals surface area contributed by atoms with Crippen molar-refractivity contribution >= 4 is 21.6 Å². The number of aromatic nitrogens is 2. The highest BCUT2D eigenvalue weighted by Crippen LogP contribution is 2.26. The minimum absolute atomic E-state index is 0.266. The van der Waals surface area contributed by atoms with Crippen LogP contribution in [0.3, 0.4) is 0 Å². The smallest absolute Gasteiger partial charge is 0.167 e.